The van der Waals surface area contributed by atoms with Crippen molar-refractivity contribution in [2.75, 3.05) is 6.61 Å². The molecule has 3 N–H and O–H groups in total. The minimum absolute atomic E-state index is 0.00834. The van der Waals surface area contributed by atoms with E-state index >= 15 is 0 Å². The molecule has 0 aliphatic heterocycles. The summed E-state index contributed by atoms with van der Waals surface area (Å²) in [4.78, 5) is 36.1. The van der Waals surface area contributed by atoms with Crippen molar-refractivity contribution in [3.8, 4) is 11.1 Å². The van der Waals surface area contributed by atoms with Gasteiger partial charge in [-0.15, -0.1) is 0 Å². The van der Waals surface area contributed by atoms with Gasteiger partial charge in [-0.25, -0.2) is 4.79 Å². The van der Waals surface area contributed by atoms with Crippen LogP contribution in [0.15, 0.2) is 48.5 Å². The summed E-state index contributed by atoms with van der Waals surface area (Å²) in [5.41, 5.74) is 3.61. The average Bonchev–Trinajstić information content (AvgIpc) is 3.50. The minimum atomic E-state index is -0.959. The summed E-state index contributed by atoms with van der Waals surface area (Å²) in [6, 6.07) is 16.0. The van der Waals surface area contributed by atoms with Crippen LogP contribution in [-0.4, -0.2) is 41.3 Å². The Morgan fingerprint density at radius 1 is 1.06 bits per heavy atom. The number of amides is 2. The number of rotatable bonds is 9. The highest BCUT2D eigenvalue weighted by atomic mass is 16.5. The Morgan fingerprint density at radius 2 is 1.66 bits per heavy atom. The molecule has 4 rings (SSSR count). The first-order chi connectivity index (χ1) is 15.4. The number of hydrogen-bond acceptors (Lipinski definition) is 4. The number of nitrogens with one attached hydrogen (secondary N) is 2. The summed E-state index contributed by atoms with van der Waals surface area (Å²) >= 11 is 0. The highest BCUT2D eigenvalue weighted by Crippen LogP contribution is 2.44. The van der Waals surface area contributed by atoms with Crippen molar-refractivity contribution in [1.29, 1.82) is 0 Å². The molecule has 2 amide bonds. The van der Waals surface area contributed by atoms with Gasteiger partial charge in [-0.05, 0) is 47.9 Å². The van der Waals surface area contributed by atoms with Gasteiger partial charge in [-0.3, -0.25) is 9.59 Å². The average molecular weight is 437 g/mol. The van der Waals surface area contributed by atoms with Crippen LogP contribution in [0.25, 0.3) is 11.1 Å². The number of carbonyl (C=O) groups excluding carboxylic acids is 2. The number of fused-ring (bicyclic) bond motifs is 3. The maximum atomic E-state index is 12.7. The molecular formula is C25H28N2O5. The quantitative estimate of drug-likeness (QED) is 0.554. The Kier molecular flexibility index (Phi) is 6.17. The third-order valence-electron chi connectivity index (χ3n) is 6.40. The number of alkyl carbamates (subject to hydrolysis) is 1. The van der Waals surface area contributed by atoms with Gasteiger partial charge in [0.2, 0.25) is 5.91 Å². The van der Waals surface area contributed by atoms with Crippen LogP contribution in [-0.2, 0) is 14.3 Å². The van der Waals surface area contributed by atoms with Gasteiger partial charge in [0.05, 0.1) is 0 Å². The van der Waals surface area contributed by atoms with Crippen molar-refractivity contribution >= 4 is 18.0 Å². The molecule has 0 saturated heterocycles. The van der Waals surface area contributed by atoms with Crippen LogP contribution < -0.4 is 10.6 Å². The normalized spacial score (nSPS) is 16.4. The first-order valence-corrected chi connectivity index (χ1v) is 11.1. The van der Waals surface area contributed by atoms with E-state index in [1.165, 1.54) is 0 Å². The molecule has 0 aromatic heterocycles. The molecule has 2 aromatic carbocycles. The lowest BCUT2D eigenvalue weighted by Crippen LogP contribution is -2.51. The topological polar surface area (TPSA) is 105 Å². The van der Waals surface area contributed by atoms with Gasteiger partial charge in [0.15, 0.2) is 0 Å². The largest absolute Gasteiger partial charge is 0.481 e. The van der Waals surface area contributed by atoms with Crippen molar-refractivity contribution in [2.45, 2.75) is 56.5 Å². The zero-order chi connectivity index (χ0) is 22.7. The van der Waals surface area contributed by atoms with E-state index in [4.69, 9.17) is 9.84 Å². The fourth-order valence-corrected chi connectivity index (χ4v) is 4.36. The second-order valence-electron chi connectivity index (χ2n) is 8.54. The Balaban J connectivity index is 1.35. The second-order valence-corrected chi connectivity index (χ2v) is 8.54. The lowest BCUT2D eigenvalue weighted by atomic mass is 9.98. The Morgan fingerprint density at radius 3 is 2.19 bits per heavy atom. The van der Waals surface area contributed by atoms with Crippen molar-refractivity contribution < 1.29 is 24.2 Å². The maximum Gasteiger partial charge on any atom is 0.408 e. The summed E-state index contributed by atoms with van der Waals surface area (Å²) in [6.45, 7) is 2.08. The van der Waals surface area contributed by atoms with Crippen LogP contribution in [0.2, 0.25) is 0 Å². The molecule has 32 heavy (non-hydrogen) atoms. The van der Waals surface area contributed by atoms with E-state index in [1.807, 2.05) is 31.2 Å². The molecule has 2 aliphatic carbocycles. The van der Waals surface area contributed by atoms with E-state index in [9.17, 15) is 14.4 Å². The summed E-state index contributed by atoms with van der Waals surface area (Å²) in [5.74, 6) is -1.21. The summed E-state index contributed by atoms with van der Waals surface area (Å²) < 4.78 is 5.57. The Hall–Kier alpha value is -3.35. The predicted octanol–water partition coefficient (Wildman–Crippen LogP) is 3.82. The molecule has 1 saturated carbocycles. The lowest BCUT2D eigenvalue weighted by Gasteiger charge is -2.22. The Bertz CT molecular complexity index is 985. The van der Waals surface area contributed by atoms with Crippen LogP contribution >= 0.6 is 0 Å². The first-order valence-electron chi connectivity index (χ1n) is 11.1. The summed E-state index contributed by atoms with van der Waals surface area (Å²) in [6.07, 6.45) is 1.44. The molecular weight excluding hydrogens is 408 g/mol. The molecule has 0 heterocycles. The summed E-state index contributed by atoms with van der Waals surface area (Å²) in [5, 5.41) is 14.5. The van der Waals surface area contributed by atoms with Gasteiger partial charge in [0, 0.05) is 18.4 Å². The Labute approximate surface area is 187 Å². The number of hydrogen-bond donors (Lipinski definition) is 3. The van der Waals surface area contributed by atoms with Crippen LogP contribution in [0.3, 0.4) is 0 Å². The predicted molar refractivity (Wildman–Crippen MR) is 119 cm³/mol. The molecule has 168 valence electrons. The molecule has 7 heteroatoms. The molecule has 0 bridgehead atoms. The monoisotopic (exact) mass is 436 g/mol. The van der Waals surface area contributed by atoms with Crippen molar-refractivity contribution in [2.24, 2.45) is 0 Å². The van der Waals surface area contributed by atoms with Crippen LogP contribution in [0.4, 0.5) is 4.79 Å². The zero-order valence-corrected chi connectivity index (χ0v) is 18.1. The van der Waals surface area contributed by atoms with Gasteiger partial charge >= 0.3 is 12.1 Å². The van der Waals surface area contributed by atoms with Crippen molar-refractivity contribution in [3.05, 3.63) is 59.7 Å². The molecule has 7 nitrogen and oxygen atoms in total. The summed E-state index contributed by atoms with van der Waals surface area (Å²) in [7, 11) is 0. The molecule has 0 radical (unpaired) electrons. The van der Waals surface area contributed by atoms with E-state index < -0.39 is 17.6 Å². The second kappa shape index (κ2) is 9.02. The fraction of sp³-hybridized carbons (Fsp3) is 0.400. The standard InChI is InChI=1S/C25H28N2O5/c1-2-16(11-12-22(28)29)26-23(30)25(13-14-25)27-24(31)32-15-21-19-9-5-3-7-17(19)18-8-4-6-10-20(18)21/h3-10,16,21H,2,11-15H2,1H3,(H,26,30)(H,27,31)(H,28,29). The number of carbonyl (C=O) groups is 3. The molecule has 0 spiro atoms. The highest BCUT2D eigenvalue weighted by Gasteiger charge is 2.52. The van der Waals surface area contributed by atoms with Gasteiger partial charge in [-0.2, -0.15) is 0 Å². The first kappa shape index (κ1) is 21.9. The van der Waals surface area contributed by atoms with E-state index in [0.29, 0.717) is 25.7 Å². The number of carboxylic acid groups (broad SMARTS) is 1. The molecule has 1 fully saturated rings. The van der Waals surface area contributed by atoms with Gasteiger partial charge in [0.25, 0.3) is 0 Å². The molecule has 2 aliphatic rings. The SMILES string of the molecule is CCC(CCC(=O)O)NC(=O)C1(NC(=O)OCC2c3ccccc3-c3ccccc32)CC1. The van der Waals surface area contributed by atoms with Crippen molar-refractivity contribution in [3.63, 3.8) is 0 Å². The van der Waals surface area contributed by atoms with Crippen LogP contribution in [0, 0.1) is 0 Å². The smallest absolute Gasteiger partial charge is 0.408 e. The van der Waals surface area contributed by atoms with Gasteiger partial charge in [-0.1, -0.05) is 55.5 Å². The highest BCUT2D eigenvalue weighted by molar-refractivity contribution is 5.93. The van der Waals surface area contributed by atoms with E-state index in [2.05, 4.69) is 34.9 Å². The molecule has 2 aromatic rings. The number of ether oxygens (including phenoxy) is 1. The molecule has 1 unspecified atom stereocenters. The fourth-order valence-electron chi connectivity index (χ4n) is 4.36. The lowest BCUT2D eigenvalue weighted by molar-refractivity contribution is -0.137. The van der Waals surface area contributed by atoms with Crippen molar-refractivity contribution in [1.82, 2.24) is 10.6 Å². The third kappa shape index (κ3) is 4.47. The minimum Gasteiger partial charge on any atom is -0.481 e. The van der Waals surface area contributed by atoms with E-state index in [0.717, 1.165) is 22.3 Å². The van der Waals surface area contributed by atoms with Crippen LogP contribution in [0.1, 0.15) is 56.1 Å². The number of aliphatic carboxylic acids is 1. The van der Waals surface area contributed by atoms with E-state index in [1.54, 1.807) is 0 Å². The van der Waals surface area contributed by atoms with Gasteiger partial charge < -0.3 is 20.5 Å². The van der Waals surface area contributed by atoms with Gasteiger partial charge in [0.1, 0.15) is 12.1 Å². The maximum absolute atomic E-state index is 12.7. The van der Waals surface area contributed by atoms with E-state index in [-0.39, 0.29) is 30.9 Å². The third-order valence-corrected chi connectivity index (χ3v) is 6.40. The number of carboxylic acids is 1. The zero-order valence-electron chi connectivity index (χ0n) is 18.1. The molecule has 1 atom stereocenters. The van der Waals surface area contributed by atoms with Crippen LogP contribution in [0.5, 0.6) is 0 Å². The number of benzene rings is 2.